The molecule has 0 bridgehead atoms. The Bertz CT molecular complexity index is 1040. The van der Waals surface area contributed by atoms with E-state index >= 15 is 0 Å². The fourth-order valence-corrected chi connectivity index (χ4v) is 3.95. The number of amides is 1. The van der Waals surface area contributed by atoms with Crippen molar-refractivity contribution in [1.29, 1.82) is 0 Å². The molecule has 1 aliphatic rings. The quantitative estimate of drug-likeness (QED) is 0.711. The van der Waals surface area contributed by atoms with Crippen LogP contribution >= 0.6 is 11.3 Å². The number of fused-ring (bicyclic) bond motifs is 1. The van der Waals surface area contributed by atoms with Gasteiger partial charge >= 0.3 is 5.97 Å². The lowest BCUT2D eigenvalue weighted by Crippen LogP contribution is -2.25. The second-order valence-corrected chi connectivity index (χ2v) is 7.17. The summed E-state index contributed by atoms with van der Waals surface area (Å²) in [5.41, 5.74) is 4.89. The van der Waals surface area contributed by atoms with Gasteiger partial charge in [-0.25, -0.2) is 9.78 Å². The van der Waals surface area contributed by atoms with Crippen LogP contribution in [0.1, 0.15) is 22.8 Å². The first-order valence-corrected chi connectivity index (χ1v) is 9.36. The Morgan fingerprint density at radius 2 is 2.07 bits per heavy atom. The average molecular weight is 379 g/mol. The highest BCUT2D eigenvalue weighted by Crippen LogP contribution is 2.34. The van der Waals surface area contributed by atoms with Crippen LogP contribution in [0.5, 0.6) is 0 Å². The van der Waals surface area contributed by atoms with Gasteiger partial charge in [-0.05, 0) is 42.3 Å². The highest BCUT2D eigenvalue weighted by Gasteiger charge is 2.22. The van der Waals surface area contributed by atoms with Crippen molar-refractivity contribution in [1.82, 2.24) is 4.98 Å². The number of anilines is 3. The highest BCUT2D eigenvalue weighted by molar-refractivity contribution is 7.14. The van der Waals surface area contributed by atoms with Crippen LogP contribution in [0.2, 0.25) is 0 Å². The van der Waals surface area contributed by atoms with E-state index in [9.17, 15) is 9.59 Å². The number of thiazole rings is 1. The Labute approximate surface area is 160 Å². The molecule has 0 saturated carbocycles. The number of aromatic carboxylic acids is 1. The molecular formula is C20H17N3O3S. The number of nitrogens with one attached hydrogen (secondary N) is 1. The summed E-state index contributed by atoms with van der Waals surface area (Å²) in [4.78, 5) is 29.2. The molecule has 6 nitrogen and oxygen atoms in total. The number of carboxylic acids is 1. The molecule has 2 N–H and O–H groups in total. The van der Waals surface area contributed by atoms with E-state index in [1.54, 1.807) is 36.1 Å². The normalized spacial score (nSPS) is 12.7. The van der Waals surface area contributed by atoms with Gasteiger partial charge in [-0.15, -0.1) is 11.3 Å². The lowest BCUT2D eigenvalue weighted by Gasteiger charge is -2.14. The van der Waals surface area contributed by atoms with Gasteiger partial charge in [0.2, 0.25) is 5.91 Å². The lowest BCUT2D eigenvalue weighted by atomic mass is 10.1. The van der Waals surface area contributed by atoms with Gasteiger partial charge in [0.1, 0.15) is 0 Å². The molecule has 0 radical (unpaired) electrons. The van der Waals surface area contributed by atoms with Crippen LogP contribution in [-0.4, -0.2) is 28.5 Å². The smallest absolute Gasteiger partial charge is 0.335 e. The Morgan fingerprint density at radius 3 is 2.85 bits per heavy atom. The van der Waals surface area contributed by atoms with Crippen molar-refractivity contribution < 1.29 is 14.7 Å². The predicted molar refractivity (Wildman–Crippen MR) is 106 cm³/mol. The van der Waals surface area contributed by atoms with Crippen LogP contribution < -0.4 is 10.2 Å². The molecule has 4 rings (SSSR count). The summed E-state index contributed by atoms with van der Waals surface area (Å²) >= 11 is 1.46. The van der Waals surface area contributed by atoms with Crippen LogP contribution in [0.15, 0.2) is 47.8 Å². The van der Waals surface area contributed by atoms with Gasteiger partial charge in [0.05, 0.1) is 11.3 Å². The summed E-state index contributed by atoms with van der Waals surface area (Å²) in [7, 11) is 0. The van der Waals surface area contributed by atoms with Crippen LogP contribution in [0, 0.1) is 0 Å². The van der Waals surface area contributed by atoms with Crippen molar-refractivity contribution in [3.05, 3.63) is 59.0 Å². The number of hydrogen-bond acceptors (Lipinski definition) is 5. The first-order valence-electron chi connectivity index (χ1n) is 8.48. The van der Waals surface area contributed by atoms with E-state index in [0.717, 1.165) is 35.5 Å². The number of aromatic nitrogens is 1. The molecule has 2 aromatic carbocycles. The van der Waals surface area contributed by atoms with E-state index in [1.165, 1.54) is 11.3 Å². The maximum Gasteiger partial charge on any atom is 0.335 e. The molecule has 27 heavy (non-hydrogen) atoms. The summed E-state index contributed by atoms with van der Waals surface area (Å²) in [6.45, 7) is 2.30. The minimum Gasteiger partial charge on any atom is -0.478 e. The Balaban J connectivity index is 1.56. The van der Waals surface area contributed by atoms with E-state index in [0.29, 0.717) is 10.8 Å². The first kappa shape index (κ1) is 17.2. The van der Waals surface area contributed by atoms with Crippen molar-refractivity contribution in [2.45, 2.75) is 13.3 Å². The molecule has 7 heteroatoms. The molecule has 3 aromatic rings. The molecule has 0 fully saturated rings. The Morgan fingerprint density at radius 1 is 1.22 bits per heavy atom. The number of carboxylic acid groups (broad SMARTS) is 1. The van der Waals surface area contributed by atoms with Gasteiger partial charge in [0.25, 0.3) is 0 Å². The minimum atomic E-state index is -0.962. The van der Waals surface area contributed by atoms with Crippen molar-refractivity contribution in [2.75, 3.05) is 16.8 Å². The SMILES string of the molecule is CC(=O)N1CCc2cc(-c3csc(Nc4cccc(C(=O)O)c4)n3)ccc21. The van der Waals surface area contributed by atoms with E-state index in [4.69, 9.17) is 5.11 Å². The topological polar surface area (TPSA) is 82.5 Å². The molecular weight excluding hydrogens is 362 g/mol. The maximum atomic E-state index is 11.7. The standard InChI is InChI=1S/C20H17N3O3S/c1-12(24)23-8-7-14-9-13(5-6-18(14)23)17-11-27-20(22-17)21-16-4-2-3-15(10-16)19(25)26/h2-6,9-11H,7-8H2,1H3,(H,21,22)(H,25,26). The van der Waals surface area contributed by atoms with Crippen molar-refractivity contribution in [3.8, 4) is 11.3 Å². The lowest BCUT2D eigenvalue weighted by molar-refractivity contribution is -0.116. The van der Waals surface area contributed by atoms with Crippen molar-refractivity contribution >= 4 is 39.7 Å². The second-order valence-electron chi connectivity index (χ2n) is 6.31. The third-order valence-electron chi connectivity index (χ3n) is 4.52. The summed E-state index contributed by atoms with van der Waals surface area (Å²) in [6.07, 6.45) is 0.847. The molecule has 1 amide bonds. The number of benzene rings is 2. The van der Waals surface area contributed by atoms with Crippen LogP contribution in [0.25, 0.3) is 11.3 Å². The van der Waals surface area contributed by atoms with Gasteiger partial charge in [-0.3, -0.25) is 4.79 Å². The van der Waals surface area contributed by atoms with Gasteiger partial charge in [-0.2, -0.15) is 0 Å². The van der Waals surface area contributed by atoms with E-state index < -0.39 is 5.97 Å². The van der Waals surface area contributed by atoms with Gasteiger partial charge in [-0.1, -0.05) is 12.1 Å². The number of nitrogens with zero attached hydrogens (tertiary/aromatic N) is 2. The van der Waals surface area contributed by atoms with Crippen molar-refractivity contribution in [3.63, 3.8) is 0 Å². The molecule has 0 atom stereocenters. The van der Waals surface area contributed by atoms with E-state index in [1.807, 2.05) is 17.5 Å². The van der Waals surface area contributed by atoms with Crippen LogP contribution in [0.4, 0.5) is 16.5 Å². The van der Waals surface area contributed by atoms with Gasteiger partial charge < -0.3 is 15.3 Å². The molecule has 0 saturated heterocycles. The van der Waals surface area contributed by atoms with Gasteiger partial charge in [0.15, 0.2) is 5.13 Å². The monoisotopic (exact) mass is 379 g/mol. The Hall–Kier alpha value is -3.19. The summed E-state index contributed by atoms with van der Waals surface area (Å²) < 4.78 is 0. The third kappa shape index (κ3) is 3.41. The molecule has 0 unspecified atom stereocenters. The molecule has 2 heterocycles. The molecule has 136 valence electrons. The Kier molecular flexibility index (Phi) is 4.37. The number of carbonyl (C=O) groups excluding carboxylic acids is 1. The summed E-state index contributed by atoms with van der Waals surface area (Å²) in [5.74, 6) is -0.901. The summed E-state index contributed by atoms with van der Waals surface area (Å²) in [5, 5.41) is 14.9. The van der Waals surface area contributed by atoms with Crippen molar-refractivity contribution in [2.24, 2.45) is 0 Å². The first-order chi connectivity index (χ1) is 13.0. The van der Waals surface area contributed by atoms with Gasteiger partial charge in [0, 0.05) is 35.8 Å². The number of hydrogen-bond donors (Lipinski definition) is 2. The third-order valence-corrected chi connectivity index (χ3v) is 5.27. The molecule has 0 spiro atoms. The molecule has 1 aromatic heterocycles. The second kappa shape index (κ2) is 6.85. The number of carbonyl (C=O) groups is 2. The number of rotatable bonds is 4. The zero-order valence-corrected chi connectivity index (χ0v) is 15.4. The zero-order chi connectivity index (χ0) is 19.0. The largest absolute Gasteiger partial charge is 0.478 e. The minimum absolute atomic E-state index is 0.0604. The van der Waals surface area contributed by atoms with Crippen LogP contribution in [0.3, 0.4) is 0 Å². The highest BCUT2D eigenvalue weighted by atomic mass is 32.1. The fraction of sp³-hybridized carbons (Fsp3) is 0.150. The predicted octanol–water partition coefficient (Wildman–Crippen LogP) is 4.16. The zero-order valence-electron chi connectivity index (χ0n) is 14.6. The fourth-order valence-electron chi connectivity index (χ4n) is 3.21. The summed E-state index contributed by atoms with van der Waals surface area (Å²) in [6, 6.07) is 12.7. The molecule has 1 aliphatic heterocycles. The van der Waals surface area contributed by atoms with E-state index in [2.05, 4.69) is 16.4 Å². The maximum absolute atomic E-state index is 11.7. The average Bonchev–Trinajstić information content (AvgIpc) is 3.28. The van der Waals surface area contributed by atoms with Crippen LogP contribution in [-0.2, 0) is 11.2 Å². The molecule has 0 aliphatic carbocycles. The van der Waals surface area contributed by atoms with E-state index in [-0.39, 0.29) is 11.5 Å².